The molecule has 2 aliphatic heterocycles. The summed E-state index contributed by atoms with van der Waals surface area (Å²) in [4.78, 5) is 42.8. The molecule has 0 aromatic heterocycles. The summed E-state index contributed by atoms with van der Waals surface area (Å²) in [7, 11) is 1.69. The molecule has 4 amide bonds. The van der Waals surface area contributed by atoms with E-state index >= 15 is 0 Å². The second-order valence-corrected chi connectivity index (χ2v) is 11.9. The van der Waals surface area contributed by atoms with Gasteiger partial charge in [0, 0.05) is 48.4 Å². The van der Waals surface area contributed by atoms with Crippen molar-refractivity contribution in [3.05, 3.63) is 42.0 Å². The van der Waals surface area contributed by atoms with E-state index < -0.39 is 12.1 Å². The first-order valence-electron chi connectivity index (χ1n) is 15.1. The van der Waals surface area contributed by atoms with Crippen molar-refractivity contribution in [3.8, 4) is 17.2 Å². The summed E-state index contributed by atoms with van der Waals surface area (Å²) in [5.74, 6) is 1.44. The van der Waals surface area contributed by atoms with Crippen molar-refractivity contribution in [1.82, 2.24) is 9.80 Å². The van der Waals surface area contributed by atoms with Crippen molar-refractivity contribution in [2.75, 3.05) is 44.2 Å². The minimum atomic E-state index is -0.465. The van der Waals surface area contributed by atoms with Crippen molar-refractivity contribution in [1.29, 1.82) is 0 Å². The van der Waals surface area contributed by atoms with Gasteiger partial charge in [0.1, 0.15) is 11.9 Å². The number of rotatable bonds is 7. The Morgan fingerprint density at radius 1 is 1.02 bits per heavy atom. The van der Waals surface area contributed by atoms with Crippen LogP contribution in [-0.4, -0.2) is 78.4 Å². The van der Waals surface area contributed by atoms with Gasteiger partial charge in [0.25, 0.3) is 0 Å². The SMILES string of the molecule is C[C@@H]1CN([C@H](C)CO)C(=O)Cc2cc(NC(=O)C3CCCCC3)ccc2O[C@H]1CN(C)C(=O)Nc1ccc2c(c1)OCO2. The first-order chi connectivity index (χ1) is 20.7. The predicted molar refractivity (Wildman–Crippen MR) is 161 cm³/mol. The Bertz CT molecular complexity index is 1330. The van der Waals surface area contributed by atoms with E-state index in [1.54, 1.807) is 53.2 Å². The molecule has 11 nitrogen and oxygen atoms in total. The molecule has 2 aromatic rings. The molecule has 5 rings (SSSR count). The van der Waals surface area contributed by atoms with Gasteiger partial charge in [-0.1, -0.05) is 26.2 Å². The monoisotopic (exact) mass is 594 g/mol. The third kappa shape index (κ3) is 7.33. The quantitative estimate of drug-likeness (QED) is 0.437. The molecule has 43 heavy (non-hydrogen) atoms. The molecule has 3 N–H and O–H groups in total. The third-order valence-electron chi connectivity index (χ3n) is 8.58. The zero-order valence-corrected chi connectivity index (χ0v) is 25.1. The van der Waals surface area contributed by atoms with Crippen LogP contribution in [0.25, 0.3) is 0 Å². The Kier molecular flexibility index (Phi) is 9.59. The van der Waals surface area contributed by atoms with Crippen LogP contribution in [0.15, 0.2) is 36.4 Å². The molecular weight excluding hydrogens is 552 g/mol. The largest absolute Gasteiger partial charge is 0.488 e. The average Bonchev–Trinajstić information content (AvgIpc) is 3.49. The number of fused-ring (bicyclic) bond motifs is 2. The van der Waals surface area contributed by atoms with Gasteiger partial charge in [-0.05, 0) is 50.1 Å². The molecule has 1 saturated carbocycles. The maximum Gasteiger partial charge on any atom is 0.321 e. The highest BCUT2D eigenvalue weighted by atomic mass is 16.7. The number of benzene rings is 2. The topological polar surface area (TPSA) is 130 Å². The number of amides is 4. The number of carbonyl (C=O) groups is 3. The van der Waals surface area contributed by atoms with E-state index in [1.165, 1.54) is 6.42 Å². The van der Waals surface area contributed by atoms with Gasteiger partial charge in [0.2, 0.25) is 18.6 Å². The summed E-state index contributed by atoms with van der Waals surface area (Å²) in [6, 6.07) is 9.89. The number of likely N-dealkylation sites (N-methyl/N-ethyl adjacent to an activating group) is 1. The van der Waals surface area contributed by atoms with Crippen molar-refractivity contribution >= 4 is 29.2 Å². The zero-order valence-electron chi connectivity index (χ0n) is 25.1. The van der Waals surface area contributed by atoms with Crippen molar-refractivity contribution in [2.24, 2.45) is 11.8 Å². The lowest BCUT2D eigenvalue weighted by molar-refractivity contribution is -0.134. The molecule has 3 aliphatic rings. The Hall–Kier alpha value is -3.99. The van der Waals surface area contributed by atoms with E-state index in [9.17, 15) is 19.5 Å². The van der Waals surface area contributed by atoms with Gasteiger partial charge >= 0.3 is 6.03 Å². The normalized spacial score (nSPS) is 21.0. The van der Waals surface area contributed by atoms with Crippen LogP contribution in [0, 0.1) is 11.8 Å². The molecule has 0 saturated heterocycles. The number of aliphatic hydroxyl groups is 1. The minimum Gasteiger partial charge on any atom is -0.488 e. The van der Waals surface area contributed by atoms with Gasteiger partial charge < -0.3 is 39.8 Å². The Labute approximate surface area is 252 Å². The number of hydrogen-bond donors (Lipinski definition) is 3. The summed E-state index contributed by atoms with van der Waals surface area (Å²) >= 11 is 0. The molecule has 0 spiro atoms. The molecule has 11 heteroatoms. The lowest BCUT2D eigenvalue weighted by Gasteiger charge is -2.34. The van der Waals surface area contributed by atoms with Crippen LogP contribution >= 0.6 is 0 Å². The highest BCUT2D eigenvalue weighted by Crippen LogP contribution is 2.34. The van der Waals surface area contributed by atoms with Crippen LogP contribution in [0.4, 0.5) is 16.2 Å². The van der Waals surface area contributed by atoms with Crippen molar-refractivity contribution in [3.63, 3.8) is 0 Å². The maximum absolute atomic E-state index is 13.5. The van der Waals surface area contributed by atoms with Gasteiger partial charge in [0.05, 0.1) is 25.6 Å². The molecule has 2 aromatic carbocycles. The molecular formula is C32H42N4O7. The lowest BCUT2D eigenvalue weighted by Crippen LogP contribution is -2.48. The highest BCUT2D eigenvalue weighted by Gasteiger charge is 2.32. The van der Waals surface area contributed by atoms with Crippen LogP contribution in [0.3, 0.4) is 0 Å². The number of ether oxygens (including phenoxy) is 3. The third-order valence-corrected chi connectivity index (χ3v) is 8.58. The second-order valence-electron chi connectivity index (χ2n) is 11.9. The van der Waals surface area contributed by atoms with Crippen LogP contribution < -0.4 is 24.8 Å². The molecule has 0 bridgehead atoms. The van der Waals surface area contributed by atoms with E-state index in [-0.39, 0.29) is 56.0 Å². The summed E-state index contributed by atoms with van der Waals surface area (Å²) in [5, 5.41) is 15.8. The fourth-order valence-electron chi connectivity index (χ4n) is 5.88. The average molecular weight is 595 g/mol. The summed E-state index contributed by atoms with van der Waals surface area (Å²) in [6.07, 6.45) is 4.67. The zero-order chi connectivity index (χ0) is 30.5. The number of carbonyl (C=O) groups excluding carboxylic acids is 3. The number of nitrogens with one attached hydrogen (secondary N) is 2. The van der Waals surface area contributed by atoms with E-state index in [0.29, 0.717) is 40.7 Å². The number of anilines is 2. The van der Waals surface area contributed by atoms with Crippen LogP contribution in [-0.2, 0) is 16.0 Å². The van der Waals surface area contributed by atoms with Gasteiger partial charge in [0.15, 0.2) is 11.5 Å². The first kappa shape index (κ1) is 30.5. The molecule has 0 unspecified atom stereocenters. The van der Waals surface area contributed by atoms with Crippen LogP contribution in [0.1, 0.15) is 51.5 Å². The van der Waals surface area contributed by atoms with E-state index in [1.807, 2.05) is 13.8 Å². The standard InChI is InChI=1S/C32H42N4O7/c1-20-16-36(21(2)18-37)30(38)14-23-13-24(33-31(39)22-7-5-4-6-8-22)9-11-26(23)43-29(20)17-35(3)32(40)34-25-10-12-27-28(15-25)42-19-41-27/h9-13,15,20-22,29,37H,4-8,14,16-19H2,1-3H3,(H,33,39)(H,34,40)/t20-,21-,29+/m1/s1. The Morgan fingerprint density at radius 3 is 2.47 bits per heavy atom. The van der Waals surface area contributed by atoms with Gasteiger partial charge in [-0.3, -0.25) is 9.59 Å². The molecule has 1 aliphatic carbocycles. The summed E-state index contributed by atoms with van der Waals surface area (Å²) in [5.41, 5.74) is 1.84. The lowest BCUT2D eigenvalue weighted by atomic mass is 9.88. The van der Waals surface area contributed by atoms with E-state index in [4.69, 9.17) is 14.2 Å². The number of nitrogens with zero attached hydrogens (tertiary/aromatic N) is 2. The molecule has 232 valence electrons. The van der Waals surface area contributed by atoms with Gasteiger partial charge in [-0.15, -0.1) is 0 Å². The smallest absolute Gasteiger partial charge is 0.321 e. The Morgan fingerprint density at radius 2 is 1.72 bits per heavy atom. The fourth-order valence-corrected chi connectivity index (χ4v) is 5.88. The first-order valence-corrected chi connectivity index (χ1v) is 15.1. The summed E-state index contributed by atoms with van der Waals surface area (Å²) in [6.45, 7) is 4.35. The van der Waals surface area contributed by atoms with Gasteiger partial charge in [-0.25, -0.2) is 4.79 Å². The highest BCUT2D eigenvalue weighted by molar-refractivity contribution is 5.93. The predicted octanol–water partition coefficient (Wildman–Crippen LogP) is 4.25. The molecule has 2 heterocycles. The Balaban J connectivity index is 1.34. The molecule has 0 radical (unpaired) electrons. The summed E-state index contributed by atoms with van der Waals surface area (Å²) < 4.78 is 17.3. The number of hydrogen-bond acceptors (Lipinski definition) is 7. The van der Waals surface area contributed by atoms with Crippen LogP contribution in [0.2, 0.25) is 0 Å². The van der Waals surface area contributed by atoms with Crippen molar-refractivity contribution < 1.29 is 33.7 Å². The molecule has 1 fully saturated rings. The van der Waals surface area contributed by atoms with E-state index in [2.05, 4.69) is 10.6 Å². The van der Waals surface area contributed by atoms with Crippen LogP contribution in [0.5, 0.6) is 17.2 Å². The van der Waals surface area contributed by atoms with Crippen molar-refractivity contribution in [2.45, 2.75) is 64.5 Å². The maximum atomic E-state index is 13.5. The second kappa shape index (κ2) is 13.5. The van der Waals surface area contributed by atoms with Gasteiger partial charge in [-0.2, -0.15) is 0 Å². The van der Waals surface area contributed by atoms with E-state index in [0.717, 1.165) is 25.7 Å². The fraction of sp³-hybridized carbons (Fsp3) is 0.531. The number of aliphatic hydroxyl groups excluding tert-OH is 1. The molecule has 3 atom stereocenters. The number of urea groups is 1. The minimum absolute atomic E-state index is 0.00214.